The van der Waals surface area contributed by atoms with Gasteiger partial charge < -0.3 is 5.43 Å². The fourth-order valence-corrected chi connectivity index (χ4v) is 3.48. The summed E-state index contributed by atoms with van der Waals surface area (Å²) in [5.74, 6) is 1.62. The van der Waals surface area contributed by atoms with Gasteiger partial charge in [0.05, 0.1) is 11.4 Å². The van der Waals surface area contributed by atoms with Crippen LogP contribution in [0.15, 0.2) is 23.0 Å². The van der Waals surface area contributed by atoms with Gasteiger partial charge in [-0.05, 0) is 43.1 Å². The molecule has 0 radical (unpaired) electrons. The summed E-state index contributed by atoms with van der Waals surface area (Å²) in [7, 11) is 0. The smallest absolute Gasteiger partial charge is 0.0960 e. The predicted molar refractivity (Wildman–Crippen MR) is 56.7 cm³/mol. The van der Waals surface area contributed by atoms with Crippen LogP contribution in [0.1, 0.15) is 25.7 Å². The summed E-state index contributed by atoms with van der Waals surface area (Å²) in [5, 5.41) is 2.07. The zero-order valence-electron chi connectivity index (χ0n) is 8.71. The van der Waals surface area contributed by atoms with Gasteiger partial charge in [-0.15, -0.1) is 5.53 Å². The molecule has 2 unspecified atom stereocenters. The Labute approximate surface area is 89.3 Å². The van der Waals surface area contributed by atoms with Crippen LogP contribution in [0.5, 0.6) is 0 Å². The van der Waals surface area contributed by atoms with Gasteiger partial charge in [-0.3, -0.25) is 0 Å². The van der Waals surface area contributed by atoms with Crippen molar-refractivity contribution < 1.29 is 0 Å². The maximum atomic E-state index is 3.43. The molecule has 0 spiro atoms. The molecule has 2 aliphatic carbocycles. The van der Waals surface area contributed by atoms with E-state index in [0.29, 0.717) is 0 Å². The molecular weight excluding hydrogens is 188 g/mol. The summed E-state index contributed by atoms with van der Waals surface area (Å²) in [6.45, 7) is 1.09. The number of hydrogen-bond acceptors (Lipinski definition) is 4. The SMILES string of the molecule is C1=C2NNN3NCC4CCC(CC1)C4=C23. The van der Waals surface area contributed by atoms with Crippen LogP contribution in [-0.4, -0.2) is 11.7 Å². The van der Waals surface area contributed by atoms with E-state index in [2.05, 4.69) is 27.6 Å². The molecule has 1 saturated carbocycles. The fourth-order valence-electron chi connectivity index (χ4n) is 3.48. The first-order chi connectivity index (χ1) is 7.43. The Morgan fingerprint density at radius 2 is 2.13 bits per heavy atom. The van der Waals surface area contributed by atoms with Gasteiger partial charge in [-0.1, -0.05) is 6.08 Å². The van der Waals surface area contributed by atoms with E-state index in [-0.39, 0.29) is 0 Å². The van der Waals surface area contributed by atoms with Crippen molar-refractivity contribution in [3.8, 4) is 0 Å². The van der Waals surface area contributed by atoms with Gasteiger partial charge >= 0.3 is 0 Å². The van der Waals surface area contributed by atoms with Gasteiger partial charge in [-0.25, -0.2) is 10.5 Å². The number of rotatable bonds is 0. The standard InChI is InChI=1S/C11H16N4/c1-2-7-4-5-8-6-12-15-11(10(7)8)9(3-1)13-14-15/h3,7-8,12-14H,1-2,4-6H2. The van der Waals surface area contributed by atoms with Crippen LogP contribution in [0.3, 0.4) is 0 Å². The van der Waals surface area contributed by atoms with E-state index in [1.807, 2.05) is 0 Å². The predicted octanol–water partition coefficient (Wildman–Crippen LogP) is 0.787. The van der Waals surface area contributed by atoms with E-state index in [9.17, 15) is 0 Å². The van der Waals surface area contributed by atoms with Crippen molar-refractivity contribution in [3.63, 3.8) is 0 Å². The van der Waals surface area contributed by atoms with E-state index in [4.69, 9.17) is 0 Å². The van der Waals surface area contributed by atoms with Gasteiger partial charge in [0, 0.05) is 6.54 Å². The third kappa shape index (κ3) is 0.983. The minimum Gasteiger partial charge on any atom is -0.301 e. The molecule has 0 bridgehead atoms. The zero-order chi connectivity index (χ0) is 9.83. The lowest BCUT2D eigenvalue weighted by Gasteiger charge is -2.31. The van der Waals surface area contributed by atoms with Gasteiger partial charge in [0.15, 0.2) is 0 Å². The second kappa shape index (κ2) is 2.77. The van der Waals surface area contributed by atoms with Crippen LogP contribution in [0.4, 0.5) is 0 Å². The number of nitrogens with zero attached hydrogens (tertiary/aromatic N) is 1. The number of nitrogens with one attached hydrogen (secondary N) is 3. The molecule has 0 aromatic carbocycles. The molecule has 4 aliphatic rings. The molecular formula is C11H16N4. The second-order valence-electron chi connectivity index (χ2n) is 4.90. The van der Waals surface area contributed by atoms with E-state index in [0.717, 1.165) is 18.4 Å². The molecule has 0 amide bonds. The first-order valence-electron chi connectivity index (χ1n) is 5.93. The van der Waals surface area contributed by atoms with Crippen molar-refractivity contribution in [2.24, 2.45) is 11.8 Å². The normalized spacial score (nSPS) is 37.3. The first kappa shape index (κ1) is 8.19. The van der Waals surface area contributed by atoms with Crippen molar-refractivity contribution >= 4 is 0 Å². The molecule has 3 N–H and O–H groups in total. The van der Waals surface area contributed by atoms with Crippen molar-refractivity contribution in [3.05, 3.63) is 23.0 Å². The zero-order valence-corrected chi connectivity index (χ0v) is 8.71. The van der Waals surface area contributed by atoms with E-state index < -0.39 is 0 Å². The Kier molecular flexibility index (Phi) is 1.51. The minimum atomic E-state index is 0.782. The van der Waals surface area contributed by atoms with Crippen LogP contribution >= 0.6 is 0 Å². The third-order valence-corrected chi connectivity index (χ3v) is 4.16. The molecule has 2 aliphatic heterocycles. The Hall–Kier alpha value is -1.00. The largest absolute Gasteiger partial charge is 0.301 e. The van der Waals surface area contributed by atoms with E-state index >= 15 is 0 Å². The van der Waals surface area contributed by atoms with Crippen molar-refractivity contribution in [2.45, 2.75) is 25.7 Å². The summed E-state index contributed by atoms with van der Waals surface area (Å²) < 4.78 is 0. The second-order valence-corrected chi connectivity index (χ2v) is 4.90. The van der Waals surface area contributed by atoms with E-state index in [1.54, 1.807) is 5.57 Å². The van der Waals surface area contributed by atoms with E-state index in [1.165, 1.54) is 37.1 Å². The first-order valence-corrected chi connectivity index (χ1v) is 5.93. The number of hydrogen-bond donors (Lipinski definition) is 3. The van der Waals surface area contributed by atoms with Crippen LogP contribution in [0.2, 0.25) is 0 Å². The molecule has 15 heavy (non-hydrogen) atoms. The molecule has 4 nitrogen and oxygen atoms in total. The summed E-state index contributed by atoms with van der Waals surface area (Å²) in [6, 6.07) is 0. The van der Waals surface area contributed by atoms with Crippen LogP contribution < -0.4 is 16.4 Å². The fraction of sp³-hybridized carbons (Fsp3) is 0.636. The average Bonchev–Trinajstić information content (AvgIpc) is 2.78. The third-order valence-electron chi connectivity index (χ3n) is 4.16. The van der Waals surface area contributed by atoms with Gasteiger partial charge in [0.2, 0.25) is 0 Å². The number of allylic oxidation sites excluding steroid dienone is 1. The summed E-state index contributed by atoms with van der Waals surface area (Å²) >= 11 is 0. The highest BCUT2D eigenvalue weighted by molar-refractivity contribution is 5.41. The highest BCUT2D eigenvalue weighted by atomic mass is 15.9. The molecule has 4 rings (SSSR count). The summed E-state index contributed by atoms with van der Waals surface area (Å²) in [5.41, 5.74) is 14.2. The lowest BCUT2D eigenvalue weighted by molar-refractivity contribution is 0.156. The molecule has 0 aromatic heterocycles. The lowest BCUT2D eigenvalue weighted by Crippen LogP contribution is -2.49. The summed E-state index contributed by atoms with van der Waals surface area (Å²) in [6.07, 6.45) is 7.64. The Balaban J connectivity index is 1.92. The molecule has 1 saturated heterocycles. The Bertz CT molecular complexity index is 371. The lowest BCUT2D eigenvalue weighted by atomic mass is 9.91. The van der Waals surface area contributed by atoms with Crippen LogP contribution in [0.25, 0.3) is 0 Å². The van der Waals surface area contributed by atoms with Crippen molar-refractivity contribution in [1.82, 2.24) is 21.5 Å². The highest BCUT2D eigenvalue weighted by Crippen LogP contribution is 2.46. The number of hydrazine groups is 3. The van der Waals surface area contributed by atoms with Crippen LogP contribution in [-0.2, 0) is 0 Å². The maximum Gasteiger partial charge on any atom is 0.0960 e. The molecule has 80 valence electrons. The average molecular weight is 204 g/mol. The van der Waals surface area contributed by atoms with Gasteiger partial charge in [-0.2, -0.15) is 0 Å². The Morgan fingerprint density at radius 1 is 1.20 bits per heavy atom. The Morgan fingerprint density at radius 3 is 3.13 bits per heavy atom. The minimum absolute atomic E-state index is 0.782. The molecule has 0 aromatic rings. The topological polar surface area (TPSA) is 39.3 Å². The van der Waals surface area contributed by atoms with Crippen LogP contribution in [0, 0.1) is 11.8 Å². The van der Waals surface area contributed by atoms with Crippen molar-refractivity contribution in [2.75, 3.05) is 6.54 Å². The molecule has 4 heteroatoms. The molecule has 2 atom stereocenters. The molecule has 2 heterocycles. The van der Waals surface area contributed by atoms with Gasteiger partial charge in [0.1, 0.15) is 0 Å². The maximum absolute atomic E-state index is 3.43. The van der Waals surface area contributed by atoms with Crippen molar-refractivity contribution in [1.29, 1.82) is 0 Å². The van der Waals surface area contributed by atoms with Gasteiger partial charge in [0.25, 0.3) is 0 Å². The highest BCUT2D eigenvalue weighted by Gasteiger charge is 2.41. The molecule has 2 fully saturated rings. The quantitative estimate of drug-likeness (QED) is 0.545. The summed E-state index contributed by atoms with van der Waals surface area (Å²) in [4.78, 5) is 0. The monoisotopic (exact) mass is 204 g/mol.